The van der Waals surface area contributed by atoms with Gasteiger partial charge in [0.25, 0.3) is 5.91 Å². The van der Waals surface area contributed by atoms with Crippen molar-refractivity contribution in [3.63, 3.8) is 0 Å². The minimum absolute atomic E-state index is 0.0797. The van der Waals surface area contributed by atoms with E-state index in [9.17, 15) is 40.7 Å². The van der Waals surface area contributed by atoms with Gasteiger partial charge in [-0.3, -0.25) is 14.4 Å². The minimum Gasteiger partial charge on any atom is -0.336 e. The molecule has 1 unspecified atom stereocenters. The van der Waals surface area contributed by atoms with E-state index in [-0.39, 0.29) is 32.5 Å². The topological polar surface area (TPSA) is 109 Å². The molecular formula is C18H19F6N5O3. The summed E-state index contributed by atoms with van der Waals surface area (Å²) in [5, 5.41) is 0. The van der Waals surface area contributed by atoms with Crippen LogP contribution in [-0.2, 0) is 39.7 Å². The number of carbonyl (C=O) groups is 3. The summed E-state index contributed by atoms with van der Waals surface area (Å²) in [6.07, 6.45) is -11.0. The highest BCUT2D eigenvalue weighted by atomic mass is 19.4. The highest BCUT2D eigenvalue weighted by Gasteiger charge is 2.44. The number of ketones is 1. The van der Waals surface area contributed by atoms with Crippen molar-refractivity contribution < 1.29 is 40.7 Å². The van der Waals surface area contributed by atoms with Crippen molar-refractivity contribution in [2.45, 2.75) is 44.7 Å². The smallest absolute Gasteiger partial charge is 0.336 e. The van der Waals surface area contributed by atoms with Crippen molar-refractivity contribution in [1.82, 2.24) is 19.8 Å². The van der Waals surface area contributed by atoms with Crippen LogP contribution in [0.3, 0.4) is 0 Å². The molecule has 0 aliphatic carbocycles. The molecule has 0 radical (unpaired) electrons. The van der Waals surface area contributed by atoms with Crippen LogP contribution in [-0.4, -0.2) is 63.0 Å². The van der Waals surface area contributed by atoms with E-state index in [1.54, 1.807) is 6.92 Å². The van der Waals surface area contributed by atoms with Crippen molar-refractivity contribution in [3.8, 4) is 0 Å². The monoisotopic (exact) mass is 467 g/mol. The zero-order valence-electron chi connectivity index (χ0n) is 16.8. The zero-order chi connectivity index (χ0) is 24.0. The van der Waals surface area contributed by atoms with Gasteiger partial charge in [-0.05, 0) is 6.42 Å². The van der Waals surface area contributed by atoms with Gasteiger partial charge in [0, 0.05) is 43.6 Å². The van der Waals surface area contributed by atoms with Gasteiger partial charge in [-0.15, -0.1) is 0 Å². The van der Waals surface area contributed by atoms with E-state index < -0.39 is 71.2 Å². The van der Waals surface area contributed by atoms with Gasteiger partial charge in [-0.1, -0.05) is 6.92 Å². The number of carbonyl (C=O) groups excluding carboxylic acids is 3. The van der Waals surface area contributed by atoms with Gasteiger partial charge in [0.15, 0.2) is 5.69 Å². The van der Waals surface area contributed by atoms with Crippen LogP contribution in [0.25, 0.3) is 0 Å². The Bertz CT molecular complexity index is 948. The maximum atomic E-state index is 13.2. The summed E-state index contributed by atoms with van der Waals surface area (Å²) in [4.78, 5) is 44.2. The Labute approximate surface area is 177 Å². The second-order valence-electron chi connectivity index (χ2n) is 7.82. The summed E-state index contributed by atoms with van der Waals surface area (Å²) >= 11 is 0. The molecular weight excluding hydrogens is 448 g/mol. The van der Waals surface area contributed by atoms with E-state index in [0.717, 1.165) is 4.90 Å². The van der Waals surface area contributed by atoms with Gasteiger partial charge >= 0.3 is 12.4 Å². The predicted octanol–water partition coefficient (Wildman–Crippen LogP) is 1.16. The van der Waals surface area contributed by atoms with E-state index >= 15 is 0 Å². The van der Waals surface area contributed by atoms with Gasteiger partial charge in [-0.2, -0.15) is 26.3 Å². The summed E-state index contributed by atoms with van der Waals surface area (Å²) in [5.41, 5.74) is 3.23. The lowest BCUT2D eigenvalue weighted by Crippen LogP contribution is -2.44. The molecule has 3 rings (SSSR count). The van der Waals surface area contributed by atoms with Gasteiger partial charge in [0.2, 0.25) is 17.5 Å². The molecule has 176 valence electrons. The van der Waals surface area contributed by atoms with E-state index in [4.69, 9.17) is 5.73 Å². The fourth-order valence-electron chi connectivity index (χ4n) is 3.73. The maximum absolute atomic E-state index is 13.2. The van der Waals surface area contributed by atoms with Crippen LogP contribution < -0.4 is 5.73 Å². The summed E-state index contributed by atoms with van der Waals surface area (Å²) in [5.74, 6) is -4.30. The molecule has 0 saturated carbocycles. The van der Waals surface area contributed by atoms with Crippen LogP contribution in [0.4, 0.5) is 26.3 Å². The highest BCUT2D eigenvalue weighted by Crippen LogP contribution is 2.36. The van der Waals surface area contributed by atoms with Crippen molar-refractivity contribution in [2.24, 2.45) is 11.7 Å². The van der Waals surface area contributed by atoms with E-state index in [1.807, 2.05) is 0 Å². The minimum atomic E-state index is -5.19. The molecule has 0 spiro atoms. The number of nitrogens with zero attached hydrogens (tertiary/aromatic N) is 4. The van der Waals surface area contributed by atoms with Crippen LogP contribution >= 0.6 is 0 Å². The normalized spacial score (nSPS) is 20.6. The molecule has 8 nitrogen and oxygen atoms in total. The Morgan fingerprint density at radius 3 is 2.34 bits per heavy atom. The number of nitrogens with two attached hydrogens (primary N) is 1. The number of alkyl halides is 6. The fraction of sp³-hybridized carbons (Fsp3) is 0.611. The van der Waals surface area contributed by atoms with Gasteiger partial charge in [-0.25, -0.2) is 9.97 Å². The number of aromatic nitrogens is 2. The van der Waals surface area contributed by atoms with Crippen molar-refractivity contribution in [1.29, 1.82) is 0 Å². The molecule has 2 amide bonds. The van der Waals surface area contributed by atoms with Crippen LogP contribution in [0, 0.1) is 5.92 Å². The third kappa shape index (κ3) is 4.84. The van der Waals surface area contributed by atoms with Crippen molar-refractivity contribution >= 4 is 17.6 Å². The molecule has 1 saturated heterocycles. The quantitative estimate of drug-likeness (QED) is 0.526. The van der Waals surface area contributed by atoms with Crippen LogP contribution in [0.5, 0.6) is 0 Å². The number of halogens is 6. The fourth-order valence-corrected chi connectivity index (χ4v) is 3.73. The Morgan fingerprint density at radius 1 is 1.16 bits per heavy atom. The molecule has 3 heterocycles. The Balaban J connectivity index is 1.73. The van der Waals surface area contributed by atoms with E-state index in [0.29, 0.717) is 0 Å². The molecule has 0 bridgehead atoms. The summed E-state index contributed by atoms with van der Waals surface area (Å²) in [7, 11) is 0. The molecule has 2 aliphatic heterocycles. The van der Waals surface area contributed by atoms with Crippen molar-refractivity contribution in [3.05, 3.63) is 22.8 Å². The van der Waals surface area contributed by atoms with Crippen LogP contribution in [0.1, 0.15) is 36.1 Å². The lowest BCUT2D eigenvalue weighted by molar-refractivity contribution is -0.153. The number of likely N-dealkylation sites (tertiary alicyclic amines) is 1. The molecule has 2 atom stereocenters. The SMILES string of the molecule is CC1CN(C[C@@H](N)CC(=O)N2CCc3c(nc(C(F)(F)F)nc3C(F)(F)F)C2)C(=O)C1=O. The molecule has 0 aromatic carbocycles. The van der Waals surface area contributed by atoms with Gasteiger partial charge < -0.3 is 15.5 Å². The van der Waals surface area contributed by atoms with Gasteiger partial charge in [0.1, 0.15) is 0 Å². The van der Waals surface area contributed by atoms with Crippen LogP contribution in [0.15, 0.2) is 0 Å². The molecule has 1 aromatic heterocycles. The number of Topliss-reactive ketones (excluding diaryl/α,β-unsaturated/α-hetero) is 1. The second-order valence-corrected chi connectivity index (χ2v) is 7.82. The van der Waals surface area contributed by atoms with Crippen molar-refractivity contribution in [2.75, 3.05) is 19.6 Å². The summed E-state index contributed by atoms with van der Waals surface area (Å²) in [6.45, 7) is 0.911. The first-order valence-corrected chi connectivity index (χ1v) is 9.59. The standard InChI is InChI=1S/C18H19F6N5O3/c1-8-5-29(15(32)13(8)31)6-9(25)4-12(30)28-3-2-10-11(7-28)26-16(18(22,23)24)27-14(10)17(19,20)21/h8-9H,2-7,25H2,1H3/t8?,9-/m0/s1. The largest absolute Gasteiger partial charge is 0.451 e. The molecule has 1 aromatic rings. The molecule has 2 N–H and O–H groups in total. The Kier molecular flexibility index (Phi) is 6.19. The number of fused-ring (bicyclic) bond motifs is 1. The van der Waals surface area contributed by atoms with Gasteiger partial charge in [0.05, 0.1) is 12.2 Å². The average Bonchev–Trinajstić information content (AvgIpc) is 2.91. The average molecular weight is 467 g/mol. The molecule has 14 heteroatoms. The van der Waals surface area contributed by atoms with E-state index in [2.05, 4.69) is 9.97 Å². The Hall–Kier alpha value is -2.77. The zero-order valence-corrected chi connectivity index (χ0v) is 16.8. The summed E-state index contributed by atoms with van der Waals surface area (Å²) < 4.78 is 78.7. The van der Waals surface area contributed by atoms with E-state index in [1.165, 1.54) is 4.90 Å². The lowest BCUT2D eigenvalue weighted by Gasteiger charge is -2.31. The summed E-state index contributed by atoms with van der Waals surface area (Å²) in [6, 6.07) is -0.868. The molecule has 32 heavy (non-hydrogen) atoms. The number of hydrogen-bond acceptors (Lipinski definition) is 6. The first-order valence-electron chi connectivity index (χ1n) is 9.59. The number of rotatable bonds is 4. The number of amides is 2. The third-order valence-electron chi connectivity index (χ3n) is 5.27. The maximum Gasteiger partial charge on any atom is 0.451 e. The lowest BCUT2D eigenvalue weighted by atomic mass is 10.0. The third-order valence-corrected chi connectivity index (χ3v) is 5.27. The highest BCUT2D eigenvalue weighted by molar-refractivity contribution is 6.38. The first-order chi connectivity index (χ1) is 14.7. The van der Waals surface area contributed by atoms with Crippen LogP contribution in [0.2, 0.25) is 0 Å². The molecule has 2 aliphatic rings. The first kappa shape index (κ1) is 23.9. The predicted molar refractivity (Wildman–Crippen MR) is 94.5 cm³/mol. The molecule has 1 fully saturated rings. The second kappa shape index (κ2) is 8.30. The Morgan fingerprint density at radius 2 is 1.81 bits per heavy atom. The number of hydrogen-bond donors (Lipinski definition) is 1.